The summed E-state index contributed by atoms with van der Waals surface area (Å²) in [6, 6.07) is 0. The lowest BCUT2D eigenvalue weighted by Crippen LogP contribution is -2.22. The van der Waals surface area contributed by atoms with Crippen LogP contribution < -0.4 is 0 Å². The molecule has 0 spiro atoms. The fourth-order valence-electron chi connectivity index (χ4n) is 2.56. The van der Waals surface area contributed by atoms with Gasteiger partial charge in [0, 0.05) is 0 Å². The molecule has 0 nitrogen and oxygen atoms in total. The normalized spacial score (nSPS) is 11.8. The van der Waals surface area contributed by atoms with E-state index in [9.17, 15) is 0 Å². The summed E-state index contributed by atoms with van der Waals surface area (Å²) in [6.07, 6.45) is 12.1. The fraction of sp³-hybridized carbons (Fsp3) is 0.875. The molecule has 0 rings (SSSR count). The average Bonchev–Trinajstić information content (AvgIpc) is 2.28. The Hall–Kier alpha value is -0.260. The van der Waals surface area contributed by atoms with Gasteiger partial charge in [-0.05, 0) is 31.6 Å². The van der Waals surface area contributed by atoms with E-state index < -0.39 is 0 Å². The molecule has 0 unspecified atom stereocenters. The molecular formula is C16H32. The summed E-state index contributed by atoms with van der Waals surface area (Å²) in [6.45, 7) is 13.4. The molecule has 0 heteroatoms. The highest BCUT2D eigenvalue weighted by Gasteiger charge is 2.28. The maximum atomic E-state index is 4.29. The number of allylic oxidation sites excluding steroid dienone is 1. The molecule has 0 N–H and O–H groups in total. The van der Waals surface area contributed by atoms with E-state index in [0.29, 0.717) is 5.41 Å². The monoisotopic (exact) mass is 224 g/mol. The number of unbranched alkanes of at least 4 members (excludes halogenated alkanes) is 3. The summed E-state index contributed by atoms with van der Waals surface area (Å²) in [5.74, 6) is 0. The van der Waals surface area contributed by atoms with Gasteiger partial charge in [0.15, 0.2) is 0 Å². The zero-order valence-corrected chi connectivity index (χ0v) is 12.1. The van der Waals surface area contributed by atoms with Crippen LogP contribution in [0.25, 0.3) is 0 Å². The third kappa shape index (κ3) is 5.18. The van der Waals surface area contributed by atoms with E-state index in [1.807, 2.05) is 0 Å². The first kappa shape index (κ1) is 15.7. The van der Waals surface area contributed by atoms with Crippen molar-refractivity contribution in [2.75, 3.05) is 0 Å². The van der Waals surface area contributed by atoms with Crippen LogP contribution in [-0.4, -0.2) is 0 Å². The Bertz CT molecular complexity index is 157. The molecule has 0 bridgehead atoms. The number of rotatable bonds is 10. The molecule has 0 heterocycles. The summed E-state index contributed by atoms with van der Waals surface area (Å²) in [7, 11) is 0. The smallest absolute Gasteiger partial charge is 0.00935 e. The standard InChI is InChI=1S/C16H32/c1-6-9-12-16(15(4)5,13-10-7-2)14-11-8-3/h4,6-14H2,1-3,5H3. The van der Waals surface area contributed by atoms with Crippen LogP contribution in [0.3, 0.4) is 0 Å². The predicted molar refractivity (Wildman–Crippen MR) is 75.8 cm³/mol. The first-order valence-corrected chi connectivity index (χ1v) is 7.29. The maximum absolute atomic E-state index is 4.29. The molecular weight excluding hydrogens is 192 g/mol. The average molecular weight is 224 g/mol. The van der Waals surface area contributed by atoms with E-state index in [4.69, 9.17) is 0 Å². The summed E-state index contributed by atoms with van der Waals surface area (Å²) < 4.78 is 0. The summed E-state index contributed by atoms with van der Waals surface area (Å²) in [4.78, 5) is 0. The highest BCUT2D eigenvalue weighted by Crippen LogP contribution is 2.42. The Morgan fingerprint density at radius 3 is 1.31 bits per heavy atom. The van der Waals surface area contributed by atoms with E-state index in [2.05, 4.69) is 34.3 Å². The molecule has 0 atom stereocenters. The van der Waals surface area contributed by atoms with Gasteiger partial charge in [-0.1, -0.05) is 71.4 Å². The van der Waals surface area contributed by atoms with Crippen LogP contribution in [-0.2, 0) is 0 Å². The summed E-state index contributed by atoms with van der Waals surface area (Å²) >= 11 is 0. The highest BCUT2D eigenvalue weighted by atomic mass is 14.3. The summed E-state index contributed by atoms with van der Waals surface area (Å²) in [5.41, 5.74) is 1.89. The van der Waals surface area contributed by atoms with Crippen molar-refractivity contribution in [1.82, 2.24) is 0 Å². The molecule has 0 aliphatic carbocycles. The Kier molecular flexibility index (Phi) is 8.70. The minimum atomic E-state index is 0.460. The van der Waals surface area contributed by atoms with Crippen molar-refractivity contribution in [3.8, 4) is 0 Å². The second kappa shape index (κ2) is 8.84. The van der Waals surface area contributed by atoms with Gasteiger partial charge in [-0.25, -0.2) is 0 Å². The molecule has 0 aliphatic rings. The van der Waals surface area contributed by atoms with Crippen molar-refractivity contribution >= 4 is 0 Å². The molecule has 0 saturated carbocycles. The predicted octanol–water partition coefficient (Wildman–Crippen LogP) is 6.12. The molecule has 0 saturated heterocycles. The largest absolute Gasteiger partial charge is 0.0996 e. The van der Waals surface area contributed by atoms with Crippen LogP contribution in [0.2, 0.25) is 0 Å². The Morgan fingerprint density at radius 2 is 1.12 bits per heavy atom. The van der Waals surface area contributed by atoms with Crippen LogP contribution in [0.15, 0.2) is 12.2 Å². The van der Waals surface area contributed by atoms with E-state index in [-0.39, 0.29) is 0 Å². The van der Waals surface area contributed by atoms with Crippen LogP contribution in [0, 0.1) is 5.41 Å². The van der Waals surface area contributed by atoms with Gasteiger partial charge in [0.1, 0.15) is 0 Å². The van der Waals surface area contributed by atoms with Crippen molar-refractivity contribution in [2.24, 2.45) is 5.41 Å². The third-order valence-corrected chi connectivity index (χ3v) is 3.93. The Labute approximate surface area is 104 Å². The van der Waals surface area contributed by atoms with E-state index in [0.717, 1.165) is 0 Å². The number of hydrogen-bond acceptors (Lipinski definition) is 0. The molecule has 0 aromatic carbocycles. The first-order valence-electron chi connectivity index (χ1n) is 7.29. The van der Waals surface area contributed by atoms with Gasteiger partial charge < -0.3 is 0 Å². The number of hydrogen-bond donors (Lipinski definition) is 0. The van der Waals surface area contributed by atoms with Gasteiger partial charge in [0.25, 0.3) is 0 Å². The van der Waals surface area contributed by atoms with Crippen LogP contribution >= 0.6 is 0 Å². The Balaban J connectivity index is 4.52. The molecule has 96 valence electrons. The minimum Gasteiger partial charge on any atom is -0.0996 e. The van der Waals surface area contributed by atoms with E-state index in [1.165, 1.54) is 63.4 Å². The quantitative estimate of drug-likeness (QED) is 0.392. The van der Waals surface area contributed by atoms with E-state index in [1.54, 1.807) is 0 Å². The zero-order valence-electron chi connectivity index (χ0n) is 12.1. The van der Waals surface area contributed by atoms with Gasteiger partial charge >= 0.3 is 0 Å². The van der Waals surface area contributed by atoms with Crippen molar-refractivity contribution in [3.63, 3.8) is 0 Å². The molecule has 0 aromatic rings. The van der Waals surface area contributed by atoms with Gasteiger partial charge in [-0.15, -0.1) is 0 Å². The first-order chi connectivity index (χ1) is 7.63. The van der Waals surface area contributed by atoms with Gasteiger partial charge in [-0.2, -0.15) is 0 Å². The third-order valence-electron chi connectivity index (χ3n) is 3.93. The van der Waals surface area contributed by atoms with Crippen molar-refractivity contribution in [3.05, 3.63) is 12.2 Å². The Morgan fingerprint density at radius 1 is 0.812 bits per heavy atom. The van der Waals surface area contributed by atoms with Crippen LogP contribution in [0.5, 0.6) is 0 Å². The van der Waals surface area contributed by atoms with Crippen molar-refractivity contribution in [2.45, 2.75) is 85.5 Å². The zero-order chi connectivity index (χ0) is 12.4. The SMILES string of the molecule is C=C(C)C(CCCC)(CCCC)CCCC. The topological polar surface area (TPSA) is 0 Å². The van der Waals surface area contributed by atoms with E-state index >= 15 is 0 Å². The molecule has 0 fully saturated rings. The highest BCUT2D eigenvalue weighted by molar-refractivity contribution is 5.07. The minimum absolute atomic E-state index is 0.460. The van der Waals surface area contributed by atoms with Gasteiger partial charge in [0.05, 0.1) is 0 Å². The van der Waals surface area contributed by atoms with Gasteiger partial charge in [0.2, 0.25) is 0 Å². The molecule has 0 amide bonds. The second-order valence-corrected chi connectivity index (χ2v) is 5.37. The lowest BCUT2D eigenvalue weighted by Gasteiger charge is -2.35. The van der Waals surface area contributed by atoms with Crippen molar-refractivity contribution < 1.29 is 0 Å². The molecule has 0 aliphatic heterocycles. The van der Waals surface area contributed by atoms with Crippen molar-refractivity contribution in [1.29, 1.82) is 0 Å². The van der Waals surface area contributed by atoms with Crippen LogP contribution in [0.4, 0.5) is 0 Å². The fourth-order valence-corrected chi connectivity index (χ4v) is 2.56. The molecule has 0 aromatic heterocycles. The van der Waals surface area contributed by atoms with Crippen LogP contribution in [0.1, 0.15) is 85.5 Å². The maximum Gasteiger partial charge on any atom is -0.00935 e. The summed E-state index contributed by atoms with van der Waals surface area (Å²) in [5, 5.41) is 0. The lowest BCUT2D eigenvalue weighted by molar-refractivity contribution is 0.253. The van der Waals surface area contributed by atoms with Gasteiger partial charge in [-0.3, -0.25) is 0 Å². The molecule has 0 radical (unpaired) electrons. The molecule has 16 heavy (non-hydrogen) atoms. The lowest BCUT2D eigenvalue weighted by atomic mass is 9.70. The second-order valence-electron chi connectivity index (χ2n) is 5.37.